The number of hydrogen-bond acceptors (Lipinski definition) is 5. The highest BCUT2D eigenvalue weighted by Gasteiger charge is 2.21. The molecule has 0 aliphatic heterocycles. The van der Waals surface area contributed by atoms with Crippen LogP contribution in [0.3, 0.4) is 0 Å². The zero-order chi connectivity index (χ0) is 13.0. The molecule has 0 bridgehead atoms. The molecule has 17 heavy (non-hydrogen) atoms. The number of carbonyl (C=O) groups is 1. The monoisotopic (exact) mass is 236 g/mol. The van der Waals surface area contributed by atoms with E-state index in [0.717, 1.165) is 0 Å². The van der Waals surface area contributed by atoms with Crippen LogP contribution >= 0.6 is 0 Å². The summed E-state index contributed by atoms with van der Waals surface area (Å²) in [6.07, 6.45) is -2.03. The van der Waals surface area contributed by atoms with Crippen molar-refractivity contribution in [2.75, 3.05) is 0 Å². The van der Waals surface area contributed by atoms with Crippen molar-refractivity contribution in [3.8, 4) is 6.07 Å². The Balaban J connectivity index is 2.90. The van der Waals surface area contributed by atoms with Crippen LogP contribution in [0.5, 0.6) is 0 Å². The molecule has 3 N–H and O–H groups in total. The van der Waals surface area contributed by atoms with Gasteiger partial charge in [0.1, 0.15) is 17.9 Å². The van der Waals surface area contributed by atoms with Crippen molar-refractivity contribution in [2.45, 2.75) is 25.6 Å². The predicted octanol–water partition coefficient (Wildman–Crippen LogP) is 0.131. The quantitative estimate of drug-likeness (QED) is 0.684. The molecule has 1 aromatic rings. The molecule has 0 amide bonds. The van der Waals surface area contributed by atoms with Gasteiger partial charge in [-0.15, -0.1) is 0 Å². The summed E-state index contributed by atoms with van der Waals surface area (Å²) in [6.45, 7) is 1.64. The summed E-state index contributed by atoms with van der Waals surface area (Å²) in [4.78, 5) is 14.2. The second kappa shape index (κ2) is 5.39. The Morgan fingerprint density at radius 1 is 1.59 bits per heavy atom. The third-order valence-electron chi connectivity index (χ3n) is 2.30. The van der Waals surface area contributed by atoms with Crippen LogP contribution in [0.4, 0.5) is 0 Å². The lowest BCUT2D eigenvalue weighted by molar-refractivity contribution is -0.141. The Kier molecular flexibility index (Phi) is 4.15. The summed E-state index contributed by atoms with van der Waals surface area (Å²) in [7, 11) is 0. The zero-order valence-electron chi connectivity index (χ0n) is 9.16. The number of carboxylic acids is 1. The molecule has 0 radical (unpaired) electrons. The lowest BCUT2D eigenvalue weighted by atomic mass is 10.0. The highest BCUT2D eigenvalue weighted by Crippen LogP contribution is 2.20. The predicted molar refractivity (Wildman–Crippen MR) is 56.9 cm³/mol. The summed E-state index contributed by atoms with van der Waals surface area (Å²) in [6, 6.07) is 3.37. The Bertz CT molecular complexity index is 467. The zero-order valence-corrected chi connectivity index (χ0v) is 9.16. The van der Waals surface area contributed by atoms with Gasteiger partial charge in [-0.2, -0.15) is 5.26 Å². The first-order valence-corrected chi connectivity index (χ1v) is 4.90. The number of aliphatic carboxylic acids is 1. The number of nitrogens with zero attached hydrogens (tertiary/aromatic N) is 2. The largest absolute Gasteiger partial charge is 0.481 e. The van der Waals surface area contributed by atoms with Crippen LogP contribution in [0, 0.1) is 18.3 Å². The van der Waals surface area contributed by atoms with Crippen LogP contribution in [0.15, 0.2) is 12.3 Å². The number of nitriles is 1. The van der Waals surface area contributed by atoms with Gasteiger partial charge in [-0.05, 0) is 18.6 Å². The minimum absolute atomic E-state index is 0.230. The average Bonchev–Trinajstić information content (AvgIpc) is 2.27. The maximum atomic E-state index is 10.4. The average molecular weight is 236 g/mol. The molecule has 2 atom stereocenters. The summed E-state index contributed by atoms with van der Waals surface area (Å²) in [5.41, 5.74) is 1.08. The van der Waals surface area contributed by atoms with Gasteiger partial charge < -0.3 is 15.3 Å². The van der Waals surface area contributed by atoms with Crippen molar-refractivity contribution in [3.05, 3.63) is 29.1 Å². The first-order chi connectivity index (χ1) is 7.95. The fourth-order valence-corrected chi connectivity index (χ4v) is 1.39. The van der Waals surface area contributed by atoms with E-state index in [0.29, 0.717) is 5.56 Å². The molecule has 0 aliphatic carbocycles. The molecule has 1 aromatic heterocycles. The fraction of sp³-hybridized carbons (Fsp3) is 0.364. The van der Waals surface area contributed by atoms with Crippen molar-refractivity contribution in [3.63, 3.8) is 0 Å². The number of hydrogen-bond donors (Lipinski definition) is 3. The second-order valence-corrected chi connectivity index (χ2v) is 3.66. The van der Waals surface area contributed by atoms with E-state index in [4.69, 9.17) is 10.4 Å². The summed E-state index contributed by atoms with van der Waals surface area (Å²) >= 11 is 0. The van der Waals surface area contributed by atoms with Crippen LogP contribution < -0.4 is 0 Å². The number of aryl methyl sites for hydroxylation is 1. The molecule has 2 unspecified atom stereocenters. The van der Waals surface area contributed by atoms with Crippen LogP contribution in [0.1, 0.15) is 29.3 Å². The normalized spacial score (nSPS) is 13.8. The summed E-state index contributed by atoms with van der Waals surface area (Å²) in [5.74, 6) is -1.20. The van der Waals surface area contributed by atoms with E-state index in [-0.39, 0.29) is 11.3 Å². The number of pyridine rings is 1. The topological polar surface area (TPSA) is 114 Å². The molecule has 0 aromatic carbocycles. The molecule has 6 heteroatoms. The molecular formula is C11H12N2O4. The van der Waals surface area contributed by atoms with Crippen molar-refractivity contribution >= 4 is 5.97 Å². The van der Waals surface area contributed by atoms with Gasteiger partial charge in [-0.25, -0.2) is 4.98 Å². The highest BCUT2D eigenvalue weighted by molar-refractivity contribution is 5.67. The van der Waals surface area contributed by atoms with Crippen molar-refractivity contribution in [1.82, 2.24) is 4.98 Å². The standard InChI is InChI=1S/C11H12N2O4/c1-6-2-7(5-13-8(6)4-12)11(17)9(14)3-10(15)16/h2,5,9,11,14,17H,3H2,1H3,(H,15,16). The van der Waals surface area contributed by atoms with E-state index < -0.39 is 24.6 Å². The highest BCUT2D eigenvalue weighted by atomic mass is 16.4. The van der Waals surface area contributed by atoms with Crippen molar-refractivity contribution in [1.29, 1.82) is 5.26 Å². The fourth-order valence-electron chi connectivity index (χ4n) is 1.39. The molecular weight excluding hydrogens is 224 g/mol. The maximum absolute atomic E-state index is 10.4. The molecule has 90 valence electrons. The van der Waals surface area contributed by atoms with E-state index in [2.05, 4.69) is 4.98 Å². The van der Waals surface area contributed by atoms with E-state index in [9.17, 15) is 15.0 Å². The molecule has 6 nitrogen and oxygen atoms in total. The minimum Gasteiger partial charge on any atom is -0.481 e. The molecule has 1 rings (SSSR count). The Labute approximate surface area is 97.8 Å². The summed E-state index contributed by atoms with van der Waals surface area (Å²) in [5, 5.41) is 36.3. The Morgan fingerprint density at radius 2 is 2.24 bits per heavy atom. The number of rotatable bonds is 4. The third-order valence-corrected chi connectivity index (χ3v) is 2.30. The number of aromatic nitrogens is 1. The third kappa shape index (κ3) is 3.24. The maximum Gasteiger partial charge on any atom is 0.306 e. The van der Waals surface area contributed by atoms with Gasteiger partial charge in [0.05, 0.1) is 12.5 Å². The Hall–Kier alpha value is -1.97. The van der Waals surface area contributed by atoms with Crippen molar-refractivity contribution < 1.29 is 20.1 Å². The van der Waals surface area contributed by atoms with Gasteiger partial charge in [-0.3, -0.25) is 4.79 Å². The van der Waals surface area contributed by atoms with Crippen LogP contribution in [-0.2, 0) is 4.79 Å². The molecule has 0 spiro atoms. The van der Waals surface area contributed by atoms with Gasteiger partial charge in [0.2, 0.25) is 0 Å². The Morgan fingerprint density at radius 3 is 2.71 bits per heavy atom. The van der Waals surface area contributed by atoms with Gasteiger partial charge in [0.25, 0.3) is 0 Å². The van der Waals surface area contributed by atoms with Crippen LogP contribution in [0.2, 0.25) is 0 Å². The number of carboxylic acid groups (broad SMARTS) is 1. The molecule has 1 heterocycles. The van der Waals surface area contributed by atoms with Gasteiger partial charge in [0, 0.05) is 11.8 Å². The first kappa shape index (κ1) is 13.1. The van der Waals surface area contributed by atoms with E-state index in [1.54, 1.807) is 6.92 Å². The second-order valence-electron chi connectivity index (χ2n) is 3.66. The lowest BCUT2D eigenvalue weighted by Crippen LogP contribution is -2.22. The van der Waals surface area contributed by atoms with E-state index in [1.165, 1.54) is 12.3 Å². The molecule has 0 saturated carbocycles. The van der Waals surface area contributed by atoms with Gasteiger partial charge >= 0.3 is 5.97 Å². The molecule has 0 aliphatic rings. The summed E-state index contributed by atoms with van der Waals surface area (Å²) < 4.78 is 0. The van der Waals surface area contributed by atoms with Gasteiger partial charge in [-0.1, -0.05) is 0 Å². The first-order valence-electron chi connectivity index (χ1n) is 4.90. The smallest absolute Gasteiger partial charge is 0.306 e. The van der Waals surface area contributed by atoms with E-state index in [1.807, 2.05) is 6.07 Å². The van der Waals surface area contributed by atoms with Gasteiger partial charge in [0.15, 0.2) is 0 Å². The van der Waals surface area contributed by atoms with Crippen LogP contribution in [-0.4, -0.2) is 32.4 Å². The van der Waals surface area contributed by atoms with Crippen molar-refractivity contribution in [2.24, 2.45) is 0 Å². The van der Waals surface area contributed by atoms with Crippen LogP contribution in [0.25, 0.3) is 0 Å². The number of aliphatic hydroxyl groups excluding tert-OH is 2. The minimum atomic E-state index is -1.40. The molecule has 0 fully saturated rings. The molecule has 0 saturated heterocycles. The lowest BCUT2D eigenvalue weighted by Gasteiger charge is -2.16. The SMILES string of the molecule is Cc1cc(C(O)C(O)CC(=O)O)cnc1C#N. The number of aliphatic hydroxyl groups is 2. The van der Waals surface area contributed by atoms with E-state index >= 15 is 0 Å².